The van der Waals surface area contributed by atoms with Crippen molar-refractivity contribution in [1.29, 1.82) is 0 Å². The maximum Gasteiger partial charge on any atom is 0.262 e. The van der Waals surface area contributed by atoms with Crippen LogP contribution in [0.1, 0.15) is 38.5 Å². The predicted octanol–water partition coefficient (Wildman–Crippen LogP) is 1.74. The molecule has 0 radical (unpaired) electrons. The second-order valence-corrected chi connectivity index (χ2v) is 9.41. The Kier molecular flexibility index (Phi) is 4.95. The number of piperazine rings is 1. The van der Waals surface area contributed by atoms with E-state index in [2.05, 4.69) is 11.9 Å². The fraction of sp³-hybridized carbons (Fsp3) is 0.750. The summed E-state index contributed by atoms with van der Waals surface area (Å²) in [5.41, 5.74) is -0.115. The fourth-order valence-electron chi connectivity index (χ4n) is 6.23. The van der Waals surface area contributed by atoms with Crippen LogP contribution in [-0.2, 0) is 14.4 Å². The van der Waals surface area contributed by atoms with E-state index in [1.807, 2.05) is 4.90 Å². The van der Waals surface area contributed by atoms with E-state index in [1.54, 1.807) is 4.90 Å². The Hall–Kier alpha value is -1.56. The minimum Gasteiger partial charge on any atom is -0.342 e. The topological polar surface area (TPSA) is 69.7 Å². The van der Waals surface area contributed by atoms with Gasteiger partial charge in [0.25, 0.3) is 5.91 Å². The van der Waals surface area contributed by atoms with E-state index < -0.39 is 5.91 Å². The van der Waals surface area contributed by atoms with E-state index in [4.69, 9.17) is 11.6 Å². The Morgan fingerprint density at radius 1 is 0.926 bits per heavy atom. The molecule has 4 bridgehead atoms. The highest BCUT2D eigenvalue weighted by atomic mass is 35.5. The van der Waals surface area contributed by atoms with Gasteiger partial charge in [-0.2, -0.15) is 0 Å². The number of nitrogens with one attached hydrogen (secondary N) is 1. The van der Waals surface area contributed by atoms with Crippen molar-refractivity contribution in [1.82, 2.24) is 15.1 Å². The maximum atomic E-state index is 13.4. The van der Waals surface area contributed by atoms with Crippen molar-refractivity contribution in [3.05, 3.63) is 11.6 Å². The number of hydrogen-bond donors (Lipinski definition) is 1. The monoisotopic (exact) mass is 393 g/mol. The van der Waals surface area contributed by atoms with Gasteiger partial charge in [0.1, 0.15) is 0 Å². The van der Waals surface area contributed by atoms with Gasteiger partial charge in [-0.25, -0.2) is 0 Å². The van der Waals surface area contributed by atoms with Crippen molar-refractivity contribution in [2.24, 2.45) is 23.2 Å². The van der Waals surface area contributed by atoms with Gasteiger partial charge in [-0.3, -0.25) is 14.4 Å². The number of halogens is 1. The average molecular weight is 394 g/mol. The molecule has 1 saturated heterocycles. The van der Waals surface area contributed by atoms with E-state index in [9.17, 15) is 14.4 Å². The summed E-state index contributed by atoms with van der Waals surface area (Å²) >= 11 is 5.50. The molecule has 7 heteroatoms. The van der Waals surface area contributed by atoms with Crippen LogP contribution in [0, 0.1) is 23.2 Å². The first-order valence-electron chi connectivity index (χ1n) is 10.1. The van der Waals surface area contributed by atoms with Crippen LogP contribution in [0.2, 0.25) is 0 Å². The van der Waals surface area contributed by atoms with Crippen molar-refractivity contribution >= 4 is 29.3 Å². The second-order valence-electron chi connectivity index (χ2n) is 8.96. The molecule has 3 amide bonds. The van der Waals surface area contributed by atoms with E-state index in [-0.39, 0.29) is 22.9 Å². The minimum atomic E-state index is -0.527. The fourth-order valence-corrected chi connectivity index (χ4v) is 6.30. The quantitative estimate of drug-likeness (QED) is 0.739. The highest BCUT2D eigenvalue weighted by Gasteiger charge is 2.55. The summed E-state index contributed by atoms with van der Waals surface area (Å²) in [4.78, 5) is 40.7. The molecule has 1 heterocycles. The molecule has 27 heavy (non-hydrogen) atoms. The Morgan fingerprint density at radius 3 is 1.89 bits per heavy atom. The lowest BCUT2D eigenvalue weighted by atomic mass is 9.49. The number of carbonyl (C=O) groups is 3. The van der Waals surface area contributed by atoms with Crippen LogP contribution in [0.4, 0.5) is 0 Å². The molecular formula is C20H28ClN3O3. The van der Waals surface area contributed by atoms with Crippen LogP contribution >= 0.6 is 11.6 Å². The summed E-state index contributed by atoms with van der Waals surface area (Å²) < 4.78 is 0. The minimum absolute atomic E-state index is 0.0898. The first kappa shape index (κ1) is 18.8. The lowest BCUT2D eigenvalue weighted by Gasteiger charge is -2.57. The van der Waals surface area contributed by atoms with Crippen molar-refractivity contribution in [2.75, 3.05) is 32.7 Å². The Balaban J connectivity index is 1.30. The van der Waals surface area contributed by atoms with Crippen molar-refractivity contribution in [2.45, 2.75) is 38.5 Å². The molecular weight excluding hydrogens is 366 g/mol. The van der Waals surface area contributed by atoms with E-state index >= 15 is 0 Å². The molecule has 0 atom stereocenters. The summed E-state index contributed by atoms with van der Waals surface area (Å²) in [7, 11) is 0. The third kappa shape index (κ3) is 3.60. The average Bonchev–Trinajstić information content (AvgIpc) is 2.64. The molecule has 0 spiro atoms. The summed E-state index contributed by atoms with van der Waals surface area (Å²) in [6, 6.07) is 0. The summed E-state index contributed by atoms with van der Waals surface area (Å²) in [6.45, 7) is 5.46. The van der Waals surface area contributed by atoms with Crippen LogP contribution < -0.4 is 5.32 Å². The van der Waals surface area contributed by atoms with Gasteiger partial charge < -0.3 is 15.1 Å². The van der Waals surface area contributed by atoms with Gasteiger partial charge in [-0.1, -0.05) is 18.2 Å². The highest BCUT2D eigenvalue weighted by molar-refractivity contribution is 6.41. The molecule has 5 aliphatic rings. The summed E-state index contributed by atoms with van der Waals surface area (Å²) in [5.74, 6) is 1.92. The predicted molar refractivity (Wildman–Crippen MR) is 102 cm³/mol. The van der Waals surface area contributed by atoms with Crippen molar-refractivity contribution < 1.29 is 14.4 Å². The maximum absolute atomic E-state index is 13.4. The molecule has 0 aromatic rings. The number of hydrogen-bond acceptors (Lipinski definition) is 3. The van der Waals surface area contributed by atoms with E-state index in [1.165, 1.54) is 19.3 Å². The number of nitrogens with zero attached hydrogens (tertiary/aromatic N) is 2. The van der Waals surface area contributed by atoms with Gasteiger partial charge in [0.15, 0.2) is 0 Å². The molecule has 4 aliphatic carbocycles. The third-order valence-corrected chi connectivity index (χ3v) is 7.23. The van der Waals surface area contributed by atoms with Crippen molar-refractivity contribution in [3.63, 3.8) is 0 Å². The van der Waals surface area contributed by atoms with Crippen LogP contribution in [-0.4, -0.2) is 60.2 Å². The van der Waals surface area contributed by atoms with Gasteiger partial charge in [0, 0.05) is 26.2 Å². The van der Waals surface area contributed by atoms with Crippen LogP contribution in [0.15, 0.2) is 11.6 Å². The zero-order valence-electron chi connectivity index (χ0n) is 15.7. The molecule has 1 N–H and O–H groups in total. The third-order valence-electron chi connectivity index (χ3n) is 7.06. The molecule has 0 aromatic carbocycles. The lowest BCUT2D eigenvalue weighted by molar-refractivity contribution is -0.160. The van der Waals surface area contributed by atoms with Gasteiger partial charge in [0.05, 0.1) is 17.0 Å². The Bertz CT molecular complexity index is 634. The van der Waals surface area contributed by atoms with Gasteiger partial charge in [-0.05, 0) is 56.3 Å². The molecule has 4 saturated carbocycles. The SMILES string of the molecule is C=C(Cl)C(=O)NCC(=O)N1CCN(C(=O)C23CC4CC(CC(C4)C2)C3)CC1. The Labute approximate surface area is 165 Å². The first-order valence-corrected chi connectivity index (χ1v) is 10.4. The van der Waals surface area contributed by atoms with Crippen LogP contribution in [0.3, 0.4) is 0 Å². The summed E-state index contributed by atoms with van der Waals surface area (Å²) in [6.07, 6.45) is 7.21. The normalized spacial score (nSPS) is 34.5. The van der Waals surface area contributed by atoms with Crippen LogP contribution in [0.25, 0.3) is 0 Å². The molecule has 1 aliphatic heterocycles. The number of rotatable bonds is 4. The zero-order valence-corrected chi connectivity index (χ0v) is 16.5. The molecule has 0 unspecified atom stereocenters. The van der Waals surface area contributed by atoms with Crippen molar-refractivity contribution in [3.8, 4) is 0 Å². The van der Waals surface area contributed by atoms with Gasteiger partial charge in [0.2, 0.25) is 11.8 Å². The lowest BCUT2D eigenvalue weighted by Crippen LogP contribution is -2.59. The molecule has 148 valence electrons. The van der Waals surface area contributed by atoms with Gasteiger partial charge >= 0.3 is 0 Å². The van der Waals surface area contributed by atoms with E-state index in [0.29, 0.717) is 32.1 Å². The molecule has 0 aromatic heterocycles. The second kappa shape index (κ2) is 7.12. The largest absolute Gasteiger partial charge is 0.342 e. The number of carbonyl (C=O) groups excluding carboxylic acids is 3. The molecule has 5 rings (SSSR count). The summed E-state index contributed by atoms with van der Waals surface area (Å²) in [5, 5.41) is 2.33. The standard InChI is InChI=1S/C20H28ClN3O3/c1-13(21)18(26)22-12-17(25)23-2-4-24(5-3-23)19(27)20-9-14-6-15(10-20)8-16(7-14)11-20/h14-16H,1-12H2,(H,22,26). The van der Waals surface area contributed by atoms with Crippen LogP contribution in [0.5, 0.6) is 0 Å². The molecule has 5 fully saturated rings. The smallest absolute Gasteiger partial charge is 0.262 e. The zero-order chi connectivity index (χ0) is 19.2. The van der Waals surface area contributed by atoms with E-state index in [0.717, 1.165) is 37.0 Å². The number of amides is 3. The molecule has 6 nitrogen and oxygen atoms in total. The Morgan fingerprint density at radius 2 is 1.41 bits per heavy atom. The highest BCUT2D eigenvalue weighted by Crippen LogP contribution is 2.60. The van der Waals surface area contributed by atoms with Gasteiger partial charge in [-0.15, -0.1) is 0 Å². The first-order chi connectivity index (χ1) is 12.9.